The number of nitrogens with zero attached hydrogens (tertiary/aromatic N) is 8. The Morgan fingerprint density at radius 2 is 0.618 bits per heavy atom. The lowest BCUT2D eigenvalue weighted by Gasteiger charge is -2.09. The first kappa shape index (κ1) is 20.2. The molecule has 5 aromatic carbocycles. The van der Waals surface area contributed by atoms with Gasteiger partial charge in [0.1, 0.15) is 0 Å². The van der Waals surface area contributed by atoms with Crippen LogP contribution in [0.3, 0.4) is 0 Å². The smallest absolute Gasteiger partial charge is 0.172 e. The van der Waals surface area contributed by atoms with Gasteiger partial charge in [0.15, 0.2) is 0 Å². The number of hydrogen-bond donors (Lipinski definition) is 0. The van der Waals surface area contributed by atoms with Gasteiger partial charge in [-0.2, -0.15) is 41.0 Å². The number of rotatable bonds is 0. The van der Waals surface area contributed by atoms with E-state index in [0.29, 0.717) is 64.5 Å². The van der Waals surface area contributed by atoms with Gasteiger partial charge in [-0.25, -0.2) is 0 Å². The van der Waals surface area contributed by atoms with Crippen LogP contribution < -0.4 is 21.4 Å². The minimum absolute atomic E-state index is 0.418. The highest BCUT2D eigenvalue weighted by molar-refractivity contribution is 6.07. The summed E-state index contributed by atoms with van der Waals surface area (Å²) in [6.07, 6.45) is 7.44. The molecule has 8 nitrogen and oxygen atoms in total. The normalized spacial score (nSPS) is 13.3. The first-order valence-corrected chi connectivity index (χ1v) is 9.99. The zero-order valence-electron chi connectivity index (χ0n) is 17.4. The molecule has 0 aliphatic heterocycles. The van der Waals surface area contributed by atoms with Crippen LogP contribution >= 0.6 is 0 Å². The lowest BCUT2D eigenvalue weighted by molar-refractivity contribution is 1.33. The summed E-state index contributed by atoms with van der Waals surface area (Å²) in [7, 11) is 0. The second kappa shape index (κ2) is 8.09. The van der Waals surface area contributed by atoms with Crippen molar-refractivity contribution in [1.82, 2.24) is 0 Å². The minimum atomic E-state index is 0.418. The number of fused-ring (bicyclic) bond motifs is 4. The van der Waals surface area contributed by atoms with Crippen molar-refractivity contribution in [2.75, 3.05) is 0 Å². The third-order valence-electron chi connectivity index (χ3n) is 5.70. The molecule has 0 radical (unpaired) electrons. The largest absolute Gasteiger partial charge is 0.206 e. The molecule has 0 spiro atoms. The molecule has 5 rings (SSSR count). The molecule has 0 fully saturated rings. The van der Waals surface area contributed by atoms with Gasteiger partial charge in [0, 0.05) is 43.1 Å². The van der Waals surface area contributed by atoms with E-state index in [1.807, 2.05) is 73.3 Å². The van der Waals surface area contributed by atoms with Crippen LogP contribution in [0.2, 0.25) is 0 Å². The molecule has 0 saturated carbocycles. The molecule has 0 bridgehead atoms. The Hall–Kier alpha value is -5.70. The van der Waals surface area contributed by atoms with E-state index < -0.39 is 0 Å². The molecule has 0 saturated heterocycles. The average Bonchev–Trinajstić information content (AvgIpc) is 2.87. The van der Waals surface area contributed by atoms with Gasteiger partial charge in [0.2, 0.25) is 24.8 Å². The van der Waals surface area contributed by atoms with Crippen LogP contribution in [0.1, 0.15) is 0 Å². The van der Waals surface area contributed by atoms with E-state index in [-0.39, 0.29) is 0 Å². The first-order valence-electron chi connectivity index (χ1n) is 9.99. The summed E-state index contributed by atoms with van der Waals surface area (Å²) in [6, 6.07) is 18.0. The van der Waals surface area contributed by atoms with E-state index >= 15 is 0 Å². The van der Waals surface area contributed by atoms with Crippen molar-refractivity contribution >= 4 is 43.1 Å². The van der Waals surface area contributed by atoms with Crippen LogP contribution in [0.5, 0.6) is 0 Å². The summed E-state index contributed by atoms with van der Waals surface area (Å²) >= 11 is 0. The molecule has 0 aliphatic carbocycles. The van der Waals surface area contributed by atoms with Crippen molar-refractivity contribution in [2.24, 2.45) is 20.0 Å². The summed E-state index contributed by atoms with van der Waals surface area (Å²) in [5, 5.41) is 44.2. The van der Waals surface area contributed by atoms with Crippen molar-refractivity contribution in [1.29, 1.82) is 21.0 Å². The van der Waals surface area contributed by atoms with Gasteiger partial charge >= 0.3 is 0 Å². The molecule has 0 aromatic heterocycles. The van der Waals surface area contributed by atoms with Crippen molar-refractivity contribution < 1.29 is 0 Å². The molecule has 0 amide bonds. The highest BCUT2D eigenvalue weighted by Gasteiger charge is 2.14. The maximum atomic E-state index is 9.41. The SMILES string of the molecule is N#CN=c1c2ccccc2c(=NC#N)c2cc3c(=NC#N)c4ccccc4c(=NC#N)c3cc12. The summed E-state index contributed by atoms with van der Waals surface area (Å²) in [6.45, 7) is 0. The monoisotopic (exact) mass is 434 g/mol. The average molecular weight is 434 g/mol. The predicted molar refractivity (Wildman–Crippen MR) is 124 cm³/mol. The van der Waals surface area contributed by atoms with Gasteiger partial charge < -0.3 is 0 Å². The van der Waals surface area contributed by atoms with E-state index in [0.717, 1.165) is 0 Å². The quantitative estimate of drug-likeness (QED) is 0.272. The van der Waals surface area contributed by atoms with Crippen LogP contribution in [-0.4, -0.2) is 0 Å². The standard InChI is InChI=1S/C26H10N8/c27-11-31-23-15-5-1-2-6-16(15)24(32-12-28)20-10-22-21(9-19(20)23)25(33-13-29)17-7-3-4-8-18(17)26(22)34-14-30/h1-10H. The highest BCUT2D eigenvalue weighted by atomic mass is 14.7. The lowest BCUT2D eigenvalue weighted by atomic mass is 9.95. The van der Waals surface area contributed by atoms with Crippen molar-refractivity contribution in [2.45, 2.75) is 0 Å². The second-order valence-corrected chi connectivity index (χ2v) is 7.28. The Morgan fingerprint density at radius 3 is 0.824 bits per heavy atom. The molecule has 0 aliphatic rings. The maximum absolute atomic E-state index is 9.41. The fourth-order valence-electron chi connectivity index (χ4n) is 4.44. The van der Waals surface area contributed by atoms with E-state index in [9.17, 15) is 21.0 Å². The minimum Gasteiger partial charge on any atom is -0.172 e. The van der Waals surface area contributed by atoms with Gasteiger partial charge in [0.05, 0.1) is 21.4 Å². The molecule has 8 heteroatoms. The summed E-state index contributed by atoms with van der Waals surface area (Å²) < 4.78 is 0. The van der Waals surface area contributed by atoms with Gasteiger partial charge in [-0.05, 0) is 12.1 Å². The molecule has 0 atom stereocenters. The van der Waals surface area contributed by atoms with E-state index in [1.165, 1.54) is 0 Å². The second-order valence-electron chi connectivity index (χ2n) is 7.28. The summed E-state index contributed by atoms with van der Waals surface area (Å²) in [5.74, 6) is 0. The Kier molecular flexibility index (Phi) is 4.81. The van der Waals surface area contributed by atoms with Crippen LogP contribution in [-0.2, 0) is 0 Å². The van der Waals surface area contributed by atoms with Crippen molar-refractivity contribution in [3.63, 3.8) is 0 Å². The topological polar surface area (TPSA) is 145 Å². The van der Waals surface area contributed by atoms with Crippen LogP contribution in [0.25, 0.3) is 43.1 Å². The molecular weight excluding hydrogens is 424 g/mol. The molecule has 34 heavy (non-hydrogen) atoms. The molecule has 154 valence electrons. The number of benzene rings is 5. The number of hydrogen-bond acceptors (Lipinski definition) is 8. The van der Waals surface area contributed by atoms with E-state index in [4.69, 9.17) is 0 Å². The zero-order valence-corrected chi connectivity index (χ0v) is 17.4. The van der Waals surface area contributed by atoms with E-state index in [1.54, 1.807) is 12.1 Å². The Bertz CT molecular complexity index is 1810. The van der Waals surface area contributed by atoms with Crippen LogP contribution in [0.4, 0.5) is 0 Å². The lowest BCUT2D eigenvalue weighted by Crippen LogP contribution is -2.19. The molecular formula is C26H10N8. The Balaban J connectivity index is 2.27. The summed E-state index contributed by atoms with van der Waals surface area (Å²) in [5.41, 5.74) is 0. The van der Waals surface area contributed by atoms with Gasteiger partial charge in [-0.1, -0.05) is 48.5 Å². The molecule has 0 N–H and O–H groups in total. The van der Waals surface area contributed by atoms with Crippen molar-refractivity contribution in [3.05, 3.63) is 82.1 Å². The molecule has 0 unspecified atom stereocenters. The van der Waals surface area contributed by atoms with Crippen LogP contribution in [0, 0.1) is 45.8 Å². The van der Waals surface area contributed by atoms with Gasteiger partial charge in [-0.3, -0.25) is 0 Å². The highest BCUT2D eigenvalue weighted by Crippen LogP contribution is 2.20. The number of nitriles is 4. The third kappa shape index (κ3) is 2.89. The molecule has 5 aromatic rings. The zero-order chi connectivity index (χ0) is 23.7. The van der Waals surface area contributed by atoms with Crippen LogP contribution in [0.15, 0.2) is 80.6 Å². The molecule has 0 heterocycles. The summed E-state index contributed by atoms with van der Waals surface area (Å²) in [4.78, 5) is 16.3. The van der Waals surface area contributed by atoms with Gasteiger partial charge in [-0.15, -0.1) is 0 Å². The third-order valence-corrected chi connectivity index (χ3v) is 5.70. The maximum Gasteiger partial charge on any atom is 0.206 e. The Labute approximate surface area is 191 Å². The van der Waals surface area contributed by atoms with Gasteiger partial charge in [0.25, 0.3) is 0 Å². The van der Waals surface area contributed by atoms with Crippen molar-refractivity contribution in [3.8, 4) is 24.8 Å². The fraction of sp³-hybridized carbons (Fsp3) is 0. The predicted octanol–water partition coefficient (Wildman–Crippen LogP) is 2.70. The first-order chi connectivity index (χ1) is 16.7. The fourth-order valence-corrected chi connectivity index (χ4v) is 4.44. The Morgan fingerprint density at radius 1 is 0.382 bits per heavy atom. The van der Waals surface area contributed by atoms with E-state index in [2.05, 4.69) is 20.0 Å².